The van der Waals surface area contributed by atoms with Gasteiger partial charge in [0.2, 0.25) is 5.91 Å². The molecule has 2 aromatic rings. The van der Waals surface area contributed by atoms with E-state index in [4.69, 9.17) is 0 Å². The molecule has 0 saturated carbocycles. The van der Waals surface area contributed by atoms with Crippen LogP contribution in [0, 0.1) is 5.82 Å². The zero-order valence-electron chi connectivity index (χ0n) is 14.0. The van der Waals surface area contributed by atoms with E-state index in [0.717, 1.165) is 9.37 Å². The van der Waals surface area contributed by atoms with Gasteiger partial charge < -0.3 is 9.45 Å². The highest BCUT2D eigenvalue weighted by Gasteiger charge is 2.28. The Labute approximate surface area is 163 Å². The lowest BCUT2D eigenvalue weighted by Crippen LogP contribution is -2.50. The van der Waals surface area contributed by atoms with Gasteiger partial charge in [0, 0.05) is 29.2 Å². The van der Waals surface area contributed by atoms with Gasteiger partial charge in [0.05, 0.1) is 24.5 Å². The molecule has 1 atom stereocenters. The first-order chi connectivity index (χ1) is 12.5. The first-order valence-electron chi connectivity index (χ1n) is 8.18. The summed E-state index contributed by atoms with van der Waals surface area (Å²) >= 11 is 2.07. The molecule has 3 rings (SSSR count). The highest BCUT2D eigenvalue weighted by Crippen LogP contribution is 2.19. The molecule has 1 aliphatic rings. The molecule has 0 N–H and O–H groups in total. The summed E-state index contributed by atoms with van der Waals surface area (Å²) in [6, 6.07) is 13.9. The van der Waals surface area contributed by atoms with Crippen LogP contribution < -0.4 is 0 Å². The van der Waals surface area contributed by atoms with Crippen LogP contribution in [0.3, 0.4) is 0 Å². The molecule has 26 heavy (non-hydrogen) atoms. The van der Waals surface area contributed by atoms with E-state index in [9.17, 15) is 13.7 Å². The molecule has 136 valence electrons. The molecule has 0 bridgehead atoms. The van der Waals surface area contributed by atoms with Crippen molar-refractivity contribution >= 4 is 39.3 Å². The molecule has 1 saturated heterocycles. The minimum absolute atomic E-state index is 0.172. The largest absolute Gasteiger partial charge is 0.593 e. The number of amides is 1. The van der Waals surface area contributed by atoms with E-state index in [-0.39, 0.29) is 11.7 Å². The Morgan fingerprint density at radius 2 is 1.81 bits per heavy atom. The van der Waals surface area contributed by atoms with Gasteiger partial charge in [-0.05, 0) is 36.4 Å². The second-order valence-corrected chi connectivity index (χ2v) is 8.22. The Kier molecular flexibility index (Phi) is 6.48. The van der Waals surface area contributed by atoms with Crippen molar-refractivity contribution in [3.05, 3.63) is 70.5 Å². The lowest BCUT2D eigenvalue weighted by molar-refractivity contribution is -0.127. The van der Waals surface area contributed by atoms with Gasteiger partial charge in [0.25, 0.3) is 0 Å². The fourth-order valence-electron chi connectivity index (χ4n) is 2.67. The fraction of sp³-hybridized carbons (Fsp3) is 0.211. The van der Waals surface area contributed by atoms with Crippen LogP contribution in [0.15, 0.2) is 64.0 Å². The van der Waals surface area contributed by atoms with E-state index in [1.54, 1.807) is 17.0 Å². The van der Waals surface area contributed by atoms with Gasteiger partial charge in [-0.3, -0.25) is 4.79 Å². The molecular weight excluding hydrogens is 419 g/mol. The van der Waals surface area contributed by atoms with Crippen LogP contribution in [-0.4, -0.2) is 45.8 Å². The second-order valence-electron chi connectivity index (χ2n) is 5.82. The van der Waals surface area contributed by atoms with E-state index in [1.807, 2.05) is 34.6 Å². The normalized spacial score (nSPS) is 16.8. The first-order valence-corrected chi connectivity index (χ1v) is 10.1. The van der Waals surface area contributed by atoms with Crippen LogP contribution in [0.5, 0.6) is 0 Å². The van der Waals surface area contributed by atoms with E-state index >= 15 is 0 Å². The van der Waals surface area contributed by atoms with E-state index in [2.05, 4.69) is 15.9 Å². The molecule has 1 aliphatic heterocycles. The number of hydrogen-bond acceptors (Lipinski definition) is 3. The lowest BCUT2D eigenvalue weighted by atomic mass is 10.2. The minimum Gasteiger partial charge on any atom is -0.593 e. The molecule has 0 aromatic heterocycles. The number of carbonyl (C=O) groups is 1. The van der Waals surface area contributed by atoms with Crippen molar-refractivity contribution in [1.29, 1.82) is 0 Å². The van der Waals surface area contributed by atoms with Crippen LogP contribution >= 0.6 is 15.9 Å². The smallest absolute Gasteiger partial charge is 0.246 e. The van der Waals surface area contributed by atoms with Gasteiger partial charge in [-0.15, -0.1) is 4.31 Å². The molecule has 0 aliphatic carbocycles. The lowest BCUT2D eigenvalue weighted by Gasteiger charge is -2.33. The predicted octanol–water partition coefficient (Wildman–Crippen LogP) is 3.47. The predicted molar refractivity (Wildman–Crippen MR) is 104 cm³/mol. The molecule has 1 amide bonds. The second kappa shape index (κ2) is 8.81. The molecule has 2 aromatic carbocycles. The standard InChI is InChI=1S/C19H18BrFN2O2S/c20-16-7-8-18(21)15(14-16)6-9-19(24)22-10-12-23(13-11-22)26(25)17-4-2-1-3-5-17/h1-9,14H,10-13H2/b9-6+. The zero-order chi connectivity index (χ0) is 18.5. The van der Waals surface area contributed by atoms with E-state index < -0.39 is 11.4 Å². The monoisotopic (exact) mass is 436 g/mol. The van der Waals surface area contributed by atoms with Crippen molar-refractivity contribution in [2.75, 3.05) is 26.2 Å². The van der Waals surface area contributed by atoms with Gasteiger partial charge in [-0.2, -0.15) is 0 Å². The number of halogens is 2. The molecule has 1 unspecified atom stereocenters. The van der Waals surface area contributed by atoms with Gasteiger partial charge in [-0.25, -0.2) is 4.39 Å². The molecule has 0 spiro atoms. The fourth-order valence-corrected chi connectivity index (χ4v) is 4.23. The average Bonchev–Trinajstić information content (AvgIpc) is 2.68. The number of piperazine rings is 1. The maximum Gasteiger partial charge on any atom is 0.246 e. The van der Waals surface area contributed by atoms with Gasteiger partial charge in [0.1, 0.15) is 5.82 Å². The average molecular weight is 437 g/mol. The van der Waals surface area contributed by atoms with Gasteiger partial charge in [0.15, 0.2) is 4.90 Å². The summed E-state index contributed by atoms with van der Waals surface area (Å²) in [5.41, 5.74) is 0.358. The van der Waals surface area contributed by atoms with Crippen LogP contribution in [0.4, 0.5) is 4.39 Å². The maximum absolute atomic E-state index is 13.7. The third-order valence-corrected chi connectivity index (χ3v) is 6.10. The van der Waals surface area contributed by atoms with Gasteiger partial charge in [-0.1, -0.05) is 34.1 Å². The SMILES string of the molecule is O=C(/C=C/c1cc(Br)ccc1F)N1CCN([S+]([O-])c2ccccc2)CC1. The number of rotatable bonds is 4. The summed E-state index contributed by atoms with van der Waals surface area (Å²) in [5.74, 6) is -0.546. The third kappa shape index (κ3) is 4.73. The third-order valence-electron chi connectivity index (χ3n) is 4.09. The van der Waals surface area contributed by atoms with Crippen molar-refractivity contribution in [3.8, 4) is 0 Å². The molecule has 1 fully saturated rings. The topological polar surface area (TPSA) is 46.6 Å². The van der Waals surface area contributed by atoms with Crippen molar-refractivity contribution in [3.63, 3.8) is 0 Å². The summed E-state index contributed by atoms with van der Waals surface area (Å²) in [5, 5.41) is 0. The maximum atomic E-state index is 13.7. The highest BCUT2D eigenvalue weighted by molar-refractivity contribution is 9.10. The number of nitrogens with zero attached hydrogens (tertiary/aromatic N) is 2. The quantitative estimate of drug-likeness (QED) is 0.544. The number of carbonyl (C=O) groups excluding carboxylic acids is 1. The van der Waals surface area contributed by atoms with Crippen LogP contribution in [0.2, 0.25) is 0 Å². The summed E-state index contributed by atoms with van der Waals surface area (Å²) in [6.45, 7) is 2.05. The molecule has 4 nitrogen and oxygen atoms in total. The molecule has 7 heteroatoms. The zero-order valence-corrected chi connectivity index (χ0v) is 16.4. The van der Waals surface area contributed by atoms with Crippen LogP contribution in [0.25, 0.3) is 6.08 Å². The number of benzene rings is 2. The van der Waals surface area contributed by atoms with Crippen molar-refractivity contribution in [2.45, 2.75) is 4.90 Å². The Hall–Kier alpha value is -1.67. The van der Waals surface area contributed by atoms with Crippen molar-refractivity contribution in [1.82, 2.24) is 9.21 Å². The Bertz CT molecular complexity index is 795. The summed E-state index contributed by atoms with van der Waals surface area (Å²) < 4.78 is 28.9. The van der Waals surface area contributed by atoms with E-state index in [0.29, 0.717) is 31.7 Å². The Morgan fingerprint density at radius 1 is 1.12 bits per heavy atom. The number of hydrogen-bond donors (Lipinski definition) is 0. The summed E-state index contributed by atoms with van der Waals surface area (Å²) in [4.78, 5) is 14.8. The van der Waals surface area contributed by atoms with Crippen molar-refractivity contribution in [2.24, 2.45) is 0 Å². The van der Waals surface area contributed by atoms with Crippen LogP contribution in [-0.2, 0) is 16.2 Å². The van der Waals surface area contributed by atoms with Crippen LogP contribution in [0.1, 0.15) is 5.56 Å². The molecule has 1 heterocycles. The minimum atomic E-state index is -1.21. The Balaban J connectivity index is 1.57. The molecular formula is C19H18BrFN2O2S. The first kappa shape index (κ1) is 19.1. The summed E-state index contributed by atoms with van der Waals surface area (Å²) in [6.07, 6.45) is 2.87. The van der Waals surface area contributed by atoms with Crippen molar-refractivity contribution < 1.29 is 13.7 Å². The van der Waals surface area contributed by atoms with E-state index in [1.165, 1.54) is 18.2 Å². The summed E-state index contributed by atoms with van der Waals surface area (Å²) in [7, 11) is 0. The Morgan fingerprint density at radius 3 is 2.50 bits per heavy atom. The molecule has 0 radical (unpaired) electrons. The van der Waals surface area contributed by atoms with Gasteiger partial charge >= 0.3 is 0 Å². The highest BCUT2D eigenvalue weighted by atomic mass is 79.9.